The van der Waals surface area contributed by atoms with Crippen molar-refractivity contribution in [2.24, 2.45) is 0 Å². The van der Waals surface area contributed by atoms with Gasteiger partial charge in [0.05, 0.1) is 8.66 Å². The van der Waals surface area contributed by atoms with E-state index in [2.05, 4.69) is 54.5 Å². The Morgan fingerprint density at radius 2 is 2.05 bits per heavy atom. The summed E-state index contributed by atoms with van der Waals surface area (Å²) in [7, 11) is 0. The van der Waals surface area contributed by atoms with Crippen LogP contribution < -0.4 is 10.2 Å². The van der Waals surface area contributed by atoms with Gasteiger partial charge in [-0.1, -0.05) is 0 Å². The molecule has 0 unspecified atom stereocenters. The summed E-state index contributed by atoms with van der Waals surface area (Å²) in [5, 5.41) is 12.1. The Morgan fingerprint density at radius 1 is 1.11 bits per heavy atom. The first-order chi connectivity index (χ1) is 9.33. The predicted molar refractivity (Wildman–Crippen MR) is 82.7 cm³/mol. The lowest BCUT2D eigenvalue weighted by atomic mass is 10.3. The topological polar surface area (TPSA) is 41.0 Å². The first kappa shape index (κ1) is 13.0. The maximum absolute atomic E-state index is 4.37. The van der Waals surface area contributed by atoms with Crippen LogP contribution in [0, 0.1) is 0 Å². The summed E-state index contributed by atoms with van der Waals surface area (Å²) in [5.41, 5.74) is 0.937. The van der Waals surface area contributed by atoms with E-state index < -0.39 is 0 Å². The molecule has 0 atom stereocenters. The van der Waals surface area contributed by atoms with Crippen LogP contribution in [0.3, 0.4) is 0 Å². The zero-order chi connectivity index (χ0) is 13.1. The monoisotopic (exact) mass is 338 g/mol. The van der Waals surface area contributed by atoms with E-state index in [0.717, 1.165) is 52.8 Å². The Balaban J connectivity index is 1.78. The van der Waals surface area contributed by atoms with E-state index in [4.69, 9.17) is 0 Å². The number of nitrogens with one attached hydrogen (secondary N) is 1. The van der Waals surface area contributed by atoms with Crippen molar-refractivity contribution < 1.29 is 0 Å². The van der Waals surface area contributed by atoms with E-state index in [1.54, 1.807) is 11.3 Å². The van der Waals surface area contributed by atoms with Crippen molar-refractivity contribution in [3.63, 3.8) is 0 Å². The van der Waals surface area contributed by atoms with Crippen LogP contribution in [0.2, 0.25) is 0 Å². The minimum atomic E-state index is 0.937. The highest BCUT2D eigenvalue weighted by Crippen LogP contribution is 2.30. The standard InChI is InChI=1S/C13H15BrN4S/c14-12-4-3-11(19-12)10-2-5-13(17-16-10)18-8-1-6-15-7-9-18/h2-5,15H,1,6-9H2. The van der Waals surface area contributed by atoms with Crippen molar-refractivity contribution in [2.75, 3.05) is 31.1 Å². The van der Waals surface area contributed by atoms with Crippen LogP contribution in [0.25, 0.3) is 10.6 Å². The molecular weight excluding hydrogens is 324 g/mol. The van der Waals surface area contributed by atoms with Gasteiger partial charge in [0.2, 0.25) is 0 Å². The third-order valence-electron chi connectivity index (χ3n) is 3.14. The van der Waals surface area contributed by atoms with Gasteiger partial charge < -0.3 is 10.2 Å². The fourth-order valence-corrected chi connectivity index (χ4v) is 3.50. The van der Waals surface area contributed by atoms with Crippen LogP contribution in [-0.4, -0.2) is 36.4 Å². The zero-order valence-corrected chi connectivity index (χ0v) is 12.9. The van der Waals surface area contributed by atoms with Crippen LogP contribution in [0.1, 0.15) is 6.42 Å². The number of aromatic nitrogens is 2. The number of halogens is 1. The SMILES string of the molecule is Brc1ccc(-c2ccc(N3CCCNCC3)nn2)s1. The van der Waals surface area contributed by atoms with E-state index in [1.807, 2.05) is 6.07 Å². The summed E-state index contributed by atoms with van der Waals surface area (Å²) < 4.78 is 1.12. The maximum atomic E-state index is 4.37. The summed E-state index contributed by atoms with van der Waals surface area (Å²) in [6, 6.07) is 8.23. The van der Waals surface area contributed by atoms with Gasteiger partial charge in [-0.25, -0.2) is 0 Å². The molecule has 1 N–H and O–H groups in total. The molecule has 0 bridgehead atoms. The van der Waals surface area contributed by atoms with Gasteiger partial charge in [-0.15, -0.1) is 21.5 Å². The molecule has 3 rings (SSSR count). The molecule has 3 heterocycles. The van der Waals surface area contributed by atoms with Crippen molar-refractivity contribution in [3.8, 4) is 10.6 Å². The number of rotatable bonds is 2. The molecule has 1 fully saturated rings. The second kappa shape index (κ2) is 5.98. The molecule has 1 aliphatic rings. The Hall–Kier alpha value is -0.980. The minimum absolute atomic E-state index is 0.937. The lowest BCUT2D eigenvalue weighted by Gasteiger charge is -2.20. The Morgan fingerprint density at radius 3 is 2.79 bits per heavy atom. The Bertz CT molecular complexity index is 532. The van der Waals surface area contributed by atoms with Gasteiger partial charge in [0, 0.05) is 19.6 Å². The number of nitrogens with zero attached hydrogens (tertiary/aromatic N) is 3. The average molecular weight is 339 g/mol. The first-order valence-corrected chi connectivity index (χ1v) is 7.99. The first-order valence-electron chi connectivity index (χ1n) is 6.38. The van der Waals surface area contributed by atoms with E-state index >= 15 is 0 Å². The van der Waals surface area contributed by atoms with Crippen molar-refractivity contribution in [2.45, 2.75) is 6.42 Å². The predicted octanol–water partition coefficient (Wildman–Crippen LogP) is 2.77. The molecule has 2 aromatic heterocycles. The quantitative estimate of drug-likeness (QED) is 0.914. The second-order valence-corrected chi connectivity index (χ2v) is 6.93. The van der Waals surface area contributed by atoms with Crippen LogP contribution in [-0.2, 0) is 0 Å². The fraction of sp³-hybridized carbons (Fsp3) is 0.385. The minimum Gasteiger partial charge on any atom is -0.354 e. The summed E-state index contributed by atoms with van der Waals surface area (Å²) in [6.07, 6.45) is 1.15. The van der Waals surface area contributed by atoms with Crippen molar-refractivity contribution in [1.82, 2.24) is 15.5 Å². The highest BCUT2D eigenvalue weighted by atomic mass is 79.9. The number of anilines is 1. The Labute approximate surface area is 125 Å². The van der Waals surface area contributed by atoms with E-state index in [-0.39, 0.29) is 0 Å². The number of thiophene rings is 1. The van der Waals surface area contributed by atoms with Crippen LogP contribution >= 0.6 is 27.3 Å². The highest BCUT2D eigenvalue weighted by molar-refractivity contribution is 9.11. The summed E-state index contributed by atoms with van der Waals surface area (Å²) >= 11 is 5.15. The summed E-state index contributed by atoms with van der Waals surface area (Å²) in [4.78, 5) is 3.43. The van der Waals surface area contributed by atoms with Gasteiger partial charge in [0.25, 0.3) is 0 Å². The molecule has 0 aromatic carbocycles. The molecule has 4 nitrogen and oxygen atoms in total. The number of hydrogen-bond donors (Lipinski definition) is 1. The van der Waals surface area contributed by atoms with Gasteiger partial charge in [0.15, 0.2) is 5.82 Å². The average Bonchev–Trinajstić information content (AvgIpc) is 2.72. The van der Waals surface area contributed by atoms with Crippen molar-refractivity contribution in [3.05, 3.63) is 28.1 Å². The molecule has 0 saturated carbocycles. The molecule has 2 aromatic rings. The largest absolute Gasteiger partial charge is 0.354 e. The molecule has 0 aliphatic carbocycles. The van der Waals surface area contributed by atoms with Gasteiger partial charge >= 0.3 is 0 Å². The van der Waals surface area contributed by atoms with Crippen LogP contribution in [0.4, 0.5) is 5.82 Å². The van der Waals surface area contributed by atoms with Crippen molar-refractivity contribution >= 4 is 33.1 Å². The zero-order valence-electron chi connectivity index (χ0n) is 10.5. The van der Waals surface area contributed by atoms with E-state index in [9.17, 15) is 0 Å². The lowest BCUT2D eigenvalue weighted by Crippen LogP contribution is -2.28. The molecule has 1 aliphatic heterocycles. The second-order valence-electron chi connectivity index (χ2n) is 4.47. The van der Waals surface area contributed by atoms with Gasteiger partial charge in [-0.3, -0.25) is 0 Å². The molecule has 1 saturated heterocycles. The Kier molecular flexibility index (Phi) is 4.10. The molecule has 6 heteroatoms. The van der Waals surface area contributed by atoms with E-state index in [1.165, 1.54) is 0 Å². The smallest absolute Gasteiger partial charge is 0.151 e. The molecular formula is C13H15BrN4S. The fourth-order valence-electron chi connectivity index (χ4n) is 2.15. The van der Waals surface area contributed by atoms with Crippen molar-refractivity contribution in [1.29, 1.82) is 0 Å². The molecule has 0 radical (unpaired) electrons. The number of hydrogen-bond acceptors (Lipinski definition) is 5. The van der Waals surface area contributed by atoms with Crippen LogP contribution in [0.5, 0.6) is 0 Å². The summed E-state index contributed by atoms with van der Waals surface area (Å²) in [6.45, 7) is 4.15. The molecule has 100 valence electrons. The maximum Gasteiger partial charge on any atom is 0.151 e. The van der Waals surface area contributed by atoms with Crippen LogP contribution in [0.15, 0.2) is 28.1 Å². The third kappa shape index (κ3) is 3.13. The van der Waals surface area contributed by atoms with Gasteiger partial charge in [0.1, 0.15) is 5.69 Å². The molecule has 0 amide bonds. The van der Waals surface area contributed by atoms with E-state index in [0.29, 0.717) is 0 Å². The normalized spacial score (nSPS) is 16.4. The third-order valence-corrected chi connectivity index (χ3v) is 4.79. The highest BCUT2D eigenvalue weighted by Gasteiger charge is 2.11. The van der Waals surface area contributed by atoms with Gasteiger partial charge in [-0.2, -0.15) is 0 Å². The summed E-state index contributed by atoms with van der Waals surface area (Å²) in [5.74, 6) is 0.975. The van der Waals surface area contributed by atoms with Gasteiger partial charge in [-0.05, 0) is 53.2 Å². The molecule has 19 heavy (non-hydrogen) atoms. The molecule has 0 spiro atoms. The lowest BCUT2D eigenvalue weighted by molar-refractivity contribution is 0.724.